The smallest absolute Gasteiger partial charge is 0.291 e. The van der Waals surface area contributed by atoms with Gasteiger partial charge in [0.25, 0.3) is 5.91 Å². The fourth-order valence-electron chi connectivity index (χ4n) is 2.21. The van der Waals surface area contributed by atoms with E-state index in [2.05, 4.69) is 21.2 Å². The van der Waals surface area contributed by atoms with E-state index in [-0.39, 0.29) is 11.7 Å². The van der Waals surface area contributed by atoms with Crippen LogP contribution in [0.15, 0.2) is 57.4 Å². The first-order valence-electron chi connectivity index (χ1n) is 7.07. The Bertz CT molecular complexity index is 921. The third-order valence-corrected chi connectivity index (χ3v) is 4.88. The maximum atomic E-state index is 12.3. The highest BCUT2D eigenvalue weighted by Crippen LogP contribution is 2.31. The van der Waals surface area contributed by atoms with Gasteiger partial charge < -0.3 is 9.73 Å². The Balaban J connectivity index is 1.82. The van der Waals surface area contributed by atoms with Crippen LogP contribution in [0.5, 0.6) is 0 Å². The molecular weight excluding hydrogens is 413 g/mol. The summed E-state index contributed by atoms with van der Waals surface area (Å²) in [5.41, 5.74) is 2.41. The predicted octanol–water partition coefficient (Wildman–Crippen LogP) is 6.58. The normalized spacial score (nSPS) is 10.7. The molecule has 2 aromatic carbocycles. The van der Waals surface area contributed by atoms with Crippen molar-refractivity contribution in [2.75, 3.05) is 5.32 Å². The van der Waals surface area contributed by atoms with Gasteiger partial charge in [0, 0.05) is 20.7 Å². The van der Waals surface area contributed by atoms with Gasteiger partial charge in [0.2, 0.25) is 0 Å². The molecule has 6 heteroatoms. The molecule has 3 aromatic rings. The number of carbonyl (C=O) groups is 1. The van der Waals surface area contributed by atoms with Gasteiger partial charge in [-0.15, -0.1) is 0 Å². The monoisotopic (exact) mass is 423 g/mol. The molecule has 0 atom stereocenters. The number of anilines is 1. The molecule has 3 nitrogen and oxygen atoms in total. The number of hydrogen-bond acceptors (Lipinski definition) is 2. The standard InChI is InChI=1S/C18H12BrCl2NO2/c1-10-8-12(3-5-14(10)19)22-18(23)17-7-6-16(24-17)13-4-2-11(20)9-15(13)21/h2-9H,1H3,(H,22,23). The molecule has 1 N–H and O–H groups in total. The number of rotatable bonds is 3. The molecule has 0 saturated heterocycles. The third kappa shape index (κ3) is 3.66. The summed E-state index contributed by atoms with van der Waals surface area (Å²) in [5, 5.41) is 3.81. The SMILES string of the molecule is Cc1cc(NC(=O)c2ccc(-c3ccc(Cl)cc3Cl)o2)ccc1Br. The molecule has 24 heavy (non-hydrogen) atoms. The van der Waals surface area contributed by atoms with E-state index in [4.69, 9.17) is 27.6 Å². The number of aryl methyl sites for hydroxylation is 1. The summed E-state index contributed by atoms with van der Waals surface area (Å²) in [6, 6.07) is 14.0. The molecule has 0 saturated carbocycles. The summed E-state index contributed by atoms with van der Waals surface area (Å²) in [7, 11) is 0. The van der Waals surface area contributed by atoms with Crippen LogP contribution in [-0.2, 0) is 0 Å². The minimum atomic E-state index is -0.326. The summed E-state index contributed by atoms with van der Waals surface area (Å²) < 4.78 is 6.61. The Morgan fingerprint density at radius 1 is 1.08 bits per heavy atom. The Labute approximate surface area is 157 Å². The summed E-state index contributed by atoms with van der Waals surface area (Å²) in [4.78, 5) is 12.3. The molecule has 0 aliphatic carbocycles. The highest BCUT2D eigenvalue weighted by Gasteiger charge is 2.14. The van der Waals surface area contributed by atoms with Crippen LogP contribution in [0.2, 0.25) is 10.0 Å². The lowest BCUT2D eigenvalue weighted by Crippen LogP contribution is -2.10. The average molecular weight is 425 g/mol. The Kier molecular flexibility index (Phi) is 4.99. The van der Waals surface area contributed by atoms with Crippen LogP contribution >= 0.6 is 39.1 Å². The second kappa shape index (κ2) is 7.01. The van der Waals surface area contributed by atoms with E-state index in [1.54, 1.807) is 30.3 Å². The zero-order valence-electron chi connectivity index (χ0n) is 12.6. The Morgan fingerprint density at radius 2 is 1.88 bits per heavy atom. The number of furan rings is 1. The van der Waals surface area contributed by atoms with E-state index in [1.807, 2.05) is 25.1 Å². The number of hydrogen-bond donors (Lipinski definition) is 1. The van der Waals surface area contributed by atoms with Gasteiger partial charge in [-0.25, -0.2) is 0 Å². The average Bonchev–Trinajstić information content (AvgIpc) is 3.01. The molecule has 122 valence electrons. The number of nitrogens with one attached hydrogen (secondary N) is 1. The van der Waals surface area contributed by atoms with E-state index in [0.717, 1.165) is 10.0 Å². The van der Waals surface area contributed by atoms with Gasteiger partial charge in [-0.2, -0.15) is 0 Å². The second-order valence-electron chi connectivity index (χ2n) is 5.21. The minimum Gasteiger partial charge on any atom is -0.451 e. The number of benzene rings is 2. The lowest BCUT2D eigenvalue weighted by molar-refractivity contribution is 0.0997. The van der Waals surface area contributed by atoms with Crippen molar-refractivity contribution in [3.63, 3.8) is 0 Å². The maximum absolute atomic E-state index is 12.3. The van der Waals surface area contributed by atoms with Crippen molar-refractivity contribution in [1.82, 2.24) is 0 Å². The van der Waals surface area contributed by atoms with Crippen LogP contribution in [0.4, 0.5) is 5.69 Å². The molecule has 1 aromatic heterocycles. The lowest BCUT2D eigenvalue weighted by atomic mass is 10.2. The summed E-state index contributed by atoms with van der Waals surface area (Å²) >= 11 is 15.5. The molecular formula is C18H12BrCl2NO2. The first kappa shape index (κ1) is 17.1. The third-order valence-electron chi connectivity index (χ3n) is 3.44. The van der Waals surface area contributed by atoms with Crippen LogP contribution in [-0.4, -0.2) is 5.91 Å². The summed E-state index contributed by atoms with van der Waals surface area (Å²) in [5.74, 6) is 0.387. The molecule has 0 fully saturated rings. The first-order valence-corrected chi connectivity index (χ1v) is 8.61. The molecule has 0 aliphatic heterocycles. The van der Waals surface area contributed by atoms with Gasteiger partial charge in [-0.05, 0) is 61.0 Å². The maximum Gasteiger partial charge on any atom is 0.291 e. The van der Waals surface area contributed by atoms with E-state index in [0.29, 0.717) is 27.1 Å². The van der Waals surface area contributed by atoms with Crippen molar-refractivity contribution >= 4 is 50.7 Å². The van der Waals surface area contributed by atoms with E-state index >= 15 is 0 Å². The van der Waals surface area contributed by atoms with Crippen molar-refractivity contribution in [1.29, 1.82) is 0 Å². The van der Waals surface area contributed by atoms with Gasteiger partial charge in [-0.1, -0.05) is 39.1 Å². The molecule has 0 aliphatic rings. The molecule has 0 spiro atoms. The van der Waals surface area contributed by atoms with Crippen LogP contribution in [0, 0.1) is 6.92 Å². The van der Waals surface area contributed by atoms with Crippen LogP contribution in [0.1, 0.15) is 16.1 Å². The first-order chi connectivity index (χ1) is 11.4. The number of carbonyl (C=O) groups excluding carboxylic acids is 1. The van der Waals surface area contributed by atoms with Gasteiger partial charge >= 0.3 is 0 Å². The Hall–Kier alpha value is -1.75. The molecule has 0 unspecified atom stereocenters. The van der Waals surface area contributed by atoms with E-state index in [1.165, 1.54) is 0 Å². The van der Waals surface area contributed by atoms with Gasteiger partial charge in [0.15, 0.2) is 5.76 Å². The van der Waals surface area contributed by atoms with Crippen molar-refractivity contribution < 1.29 is 9.21 Å². The van der Waals surface area contributed by atoms with E-state index < -0.39 is 0 Å². The molecule has 0 bridgehead atoms. The van der Waals surface area contributed by atoms with Crippen molar-refractivity contribution in [2.45, 2.75) is 6.92 Å². The molecule has 3 rings (SSSR count). The highest BCUT2D eigenvalue weighted by atomic mass is 79.9. The largest absolute Gasteiger partial charge is 0.451 e. The molecule has 1 amide bonds. The zero-order chi connectivity index (χ0) is 17.3. The summed E-state index contributed by atoms with van der Waals surface area (Å²) in [6.45, 7) is 1.95. The van der Waals surface area contributed by atoms with Gasteiger partial charge in [-0.3, -0.25) is 4.79 Å². The quantitative estimate of drug-likeness (QED) is 0.516. The Morgan fingerprint density at radius 3 is 2.58 bits per heavy atom. The van der Waals surface area contributed by atoms with Crippen LogP contribution in [0.25, 0.3) is 11.3 Å². The van der Waals surface area contributed by atoms with Crippen molar-refractivity contribution in [2.24, 2.45) is 0 Å². The zero-order valence-corrected chi connectivity index (χ0v) is 15.7. The van der Waals surface area contributed by atoms with Crippen molar-refractivity contribution in [3.05, 3.63) is 74.4 Å². The molecule has 1 heterocycles. The number of amides is 1. The topological polar surface area (TPSA) is 42.2 Å². The fraction of sp³-hybridized carbons (Fsp3) is 0.0556. The van der Waals surface area contributed by atoms with Gasteiger partial charge in [0.05, 0.1) is 5.02 Å². The highest BCUT2D eigenvalue weighted by molar-refractivity contribution is 9.10. The predicted molar refractivity (Wildman–Crippen MR) is 101 cm³/mol. The number of halogens is 3. The molecule has 0 radical (unpaired) electrons. The summed E-state index contributed by atoms with van der Waals surface area (Å²) in [6.07, 6.45) is 0. The van der Waals surface area contributed by atoms with Crippen molar-refractivity contribution in [3.8, 4) is 11.3 Å². The van der Waals surface area contributed by atoms with Crippen LogP contribution < -0.4 is 5.32 Å². The van der Waals surface area contributed by atoms with E-state index in [9.17, 15) is 4.79 Å². The van der Waals surface area contributed by atoms with Crippen LogP contribution in [0.3, 0.4) is 0 Å². The minimum absolute atomic E-state index is 0.205. The lowest BCUT2D eigenvalue weighted by Gasteiger charge is -2.06. The fourth-order valence-corrected chi connectivity index (χ4v) is 2.96. The second-order valence-corrected chi connectivity index (χ2v) is 6.90. The van der Waals surface area contributed by atoms with Gasteiger partial charge in [0.1, 0.15) is 5.76 Å².